The van der Waals surface area contributed by atoms with Gasteiger partial charge in [0.2, 0.25) is 0 Å². The van der Waals surface area contributed by atoms with Crippen LogP contribution in [0, 0.1) is 5.92 Å². The maximum absolute atomic E-state index is 12.4. The molecule has 2 N–H and O–H groups in total. The lowest BCUT2D eigenvalue weighted by Gasteiger charge is -2.37. The van der Waals surface area contributed by atoms with E-state index in [1.54, 1.807) is 0 Å². The molecule has 0 aromatic heterocycles. The lowest BCUT2D eigenvalue weighted by atomic mass is 9.84. The number of rotatable bonds is 7. The normalized spacial score (nSPS) is 25.4. The lowest BCUT2D eigenvalue weighted by molar-refractivity contribution is -0.137. The SMILES string of the molecule is CCC1CCC(N(C(=O)NCCCC(=O)O)C2CC2)CC1. The number of carbonyl (C=O) groups is 2. The van der Waals surface area contributed by atoms with Crippen molar-refractivity contribution in [1.82, 2.24) is 10.2 Å². The molecule has 2 aliphatic carbocycles. The van der Waals surface area contributed by atoms with Crippen LogP contribution in [0.1, 0.15) is 64.7 Å². The highest BCUT2D eigenvalue weighted by Gasteiger charge is 2.38. The van der Waals surface area contributed by atoms with Gasteiger partial charge in [-0.1, -0.05) is 13.3 Å². The Balaban J connectivity index is 1.78. The number of nitrogens with one attached hydrogen (secondary N) is 1. The Morgan fingerprint density at radius 3 is 2.14 bits per heavy atom. The number of aliphatic carboxylic acids is 1. The van der Waals surface area contributed by atoms with E-state index in [0.29, 0.717) is 25.0 Å². The number of nitrogens with zero attached hydrogens (tertiary/aromatic N) is 1. The molecule has 0 atom stereocenters. The number of carboxylic acid groups (broad SMARTS) is 1. The van der Waals surface area contributed by atoms with Gasteiger partial charge in [0, 0.05) is 25.0 Å². The maximum atomic E-state index is 12.4. The summed E-state index contributed by atoms with van der Waals surface area (Å²) in [6.07, 6.45) is 8.82. The van der Waals surface area contributed by atoms with E-state index >= 15 is 0 Å². The molecule has 0 unspecified atom stereocenters. The van der Waals surface area contributed by atoms with Crippen molar-refractivity contribution in [2.24, 2.45) is 5.92 Å². The molecule has 120 valence electrons. The molecule has 5 nitrogen and oxygen atoms in total. The first kappa shape index (κ1) is 16.1. The van der Waals surface area contributed by atoms with Crippen molar-refractivity contribution in [3.63, 3.8) is 0 Å². The summed E-state index contributed by atoms with van der Waals surface area (Å²) in [5.41, 5.74) is 0. The number of hydrogen-bond donors (Lipinski definition) is 2. The topological polar surface area (TPSA) is 69.6 Å². The largest absolute Gasteiger partial charge is 0.481 e. The van der Waals surface area contributed by atoms with E-state index in [1.807, 2.05) is 0 Å². The Kier molecular flexibility index (Phi) is 5.88. The molecule has 2 saturated carbocycles. The zero-order valence-electron chi connectivity index (χ0n) is 13.0. The van der Waals surface area contributed by atoms with Crippen molar-refractivity contribution in [2.45, 2.75) is 76.8 Å². The summed E-state index contributed by atoms with van der Waals surface area (Å²) < 4.78 is 0. The summed E-state index contributed by atoms with van der Waals surface area (Å²) in [5, 5.41) is 11.5. The Morgan fingerprint density at radius 1 is 1.10 bits per heavy atom. The van der Waals surface area contributed by atoms with Crippen LogP contribution in [0.4, 0.5) is 4.79 Å². The van der Waals surface area contributed by atoms with Crippen LogP contribution in [0.5, 0.6) is 0 Å². The van der Waals surface area contributed by atoms with Crippen molar-refractivity contribution >= 4 is 12.0 Å². The fourth-order valence-corrected chi connectivity index (χ4v) is 3.34. The second kappa shape index (κ2) is 7.66. The minimum atomic E-state index is -0.804. The first-order chi connectivity index (χ1) is 10.1. The average Bonchev–Trinajstić information content (AvgIpc) is 3.29. The van der Waals surface area contributed by atoms with E-state index in [0.717, 1.165) is 31.6 Å². The quantitative estimate of drug-likeness (QED) is 0.710. The molecule has 0 aliphatic heterocycles. The van der Waals surface area contributed by atoms with Gasteiger partial charge in [-0.2, -0.15) is 0 Å². The van der Waals surface area contributed by atoms with Gasteiger partial charge in [0.05, 0.1) is 0 Å². The predicted molar refractivity (Wildman–Crippen MR) is 81.2 cm³/mol. The zero-order chi connectivity index (χ0) is 15.2. The fraction of sp³-hybridized carbons (Fsp3) is 0.875. The highest BCUT2D eigenvalue weighted by molar-refractivity contribution is 5.75. The monoisotopic (exact) mass is 296 g/mol. The van der Waals surface area contributed by atoms with Gasteiger partial charge >= 0.3 is 12.0 Å². The molecule has 0 aromatic carbocycles. The molecule has 2 fully saturated rings. The van der Waals surface area contributed by atoms with Crippen molar-refractivity contribution in [1.29, 1.82) is 0 Å². The average molecular weight is 296 g/mol. The summed E-state index contributed by atoms with van der Waals surface area (Å²) >= 11 is 0. The molecular weight excluding hydrogens is 268 g/mol. The van der Waals surface area contributed by atoms with Crippen LogP contribution in [0.3, 0.4) is 0 Å². The van der Waals surface area contributed by atoms with Crippen LogP contribution in [0.2, 0.25) is 0 Å². The van der Waals surface area contributed by atoms with Gasteiger partial charge in [-0.3, -0.25) is 4.79 Å². The molecule has 21 heavy (non-hydrogen) atoms. The molecule has 2 rings (SSSR count). The van der Waals surface area contributed by atoms with Crippen LogP contribution >= 0.6 is 0 Å². The van der Waals surface area contributed by atoms with Crippen LogP contribution in [0.15, 0.2) is 0 Å². The highest BCUT2D eigenvalue weighted by atomic mass is 16.4. The zero-order valence-corrected chi connectivity index (χ0v) is 13.0. The predicted octanol–water partition coefficient (Wildman–Crippen LogP) is 2.99. The van der Waals surface area contributed by atoms with Gasteiger partial charge in [-0.25, -0.2) is 4.79 Å². The first-order valence-corrected chi connectivity index (χ1v) is 8.39. The number of urea groups is 1. The van der Waals surface area contributed by atoms with E-state index < -0.39 is 5.97 Å². The van der Waals surface area contributed by atoms with Crippen LogP contribution in [-0.2, 0) is 4.79 Å². The van der Waals surface area contributed by atoms with Crippen LogP contribution in [0.25, 0.3) is 0 Å². The fourth-order valence-electron chi connectivity index (χ4n) is 3.34. The van der Waals surface area contributed by atoms with Crippen molar-refractivity contribution in [3.05, 3.63) is 0 Å². The summed E-state index contributed by atoms with van der Waals surface area (Å²) in [6, 6.07) is 0.829. The Labute approximate surface area is 127 Å². The molecule has 0 radical (unpaired) electrons. The van der Waals surface area contributed by atoms with E-state index in [-0.39, 0.29) is 12.5 Å². The molecule has 0 heterocycles. The minimum absolute atomic E-state index is 0.0165. The maximum Gasteiger partial charge on any atom is 0.317 e. The first-order valence-electron chi connectivity index (χ1n) is 8.39. The Morgan fingerprint density at radius 2 is 1.67 bits per heavy atom. The molecule has 2 amide bonds. The minimum Gasteiger partial charge on any atom is -0.481 e. The van der Waals surface area contributed by atoms with Gasteiger partial charge in [-0.05, 0) is 50.9 Å². The van der Waals surface area contributed by atoms with Gasteiger partial charge in [-0.15, -0.1) is 0 Å². The molecule has 0 spiro atoms. The van der Waals surface area contributed by atoms with E-state index in [2.05, 4.69) is 17.1 Å². The van der Waals surface area contributed by atoms with Gasteiger partial charge in [0.1, 0.15) is 0 Å². The molecular formula is C16H28N2O3. The van der Waals surface area contributed by atoms with Gasteiger partial charge in [0.15, 0.2) is 0 Å². The number of carbonyl (C=O) groups excluding carboxylic acids is 1. The highest BCUT2D eigenvalue weighted by Crippen LogP contribution is 2.36. The third-order valence-corrected chi connectivity index (χ3v) is 4.81. The standard InChI is InChI=1S/C16H28N2O3/c1-2-12-5-7-13(8-6-12)18(14-9-10-14)16(21)17-11-3-4-15(19)20/h12-14H,2-11H2,1H3,(H,17,21)(H,19,20). The smallest absolute Gasteiger partial charge is 0.317 e. The number of carboxylic acids is 1. The lowest BCUT2D eigenvalue weighted by Crippen LogP contribution is -2.49. The van der Waals surface area contributed by atoms with E-state index in [1.165, 1.54) is 19.3 Å². The van der Waals surface area contributed by atoms with Crippen molar-refractivity contribution in [3.8, 4) is 0 Å². The molecule has 0 saturated heterocycles. The second-order valence-electron chi connectivity index (χ2n) is 6.45. The third-order valence-electron chi connectivity index (χ3n) is 4.81. The molecule has 2 aliphatic rings. The van der Waals surface area contributed by atoms with Crippen LogP contribution in [-0.4, -0.2) is 40.6 Å². The van der Waals surface area contributed by atoms with Gasteiger partial charge in [0.25, 0.3) is 0 Å². The van der Waals surface area contributed by atoms with Crippen LogP contribution < -0.4 is 5.32 Å². The number of amides is 2. The van der Waals surface area contributed by atoms with Crippen molar-refractivity contribution in [2.75, 3.05) is 6.54 Å². The number of hydrogen-bond acceptors (Lipinski definition) is 2. The third kappa shape index (κ3) is 4.90. The summed E-state index contributed by atoms with van der Waals surface area (Å²) in [4.78, 5) is 24.9. The summed E-state index contributed by atoms with van der Waals surface area (Å²) in [7, 11) is 0. The molecule has 0 bridgehead atoms. The Hall–Kier alpha value is -1.26. The Bertz CT molecular complexity index is 361. The van der Waals surface area contributed by atoms with E-state index in [9.17, 15) is 9.59 Å². The summed E-state index contributed by atoms with van der Waals surface area (Å²) in [6.45, 7) is 2.71. The van der Waals surface area contributed by atoms with Crippen molar-refractivity contribution < 1.29 is 14.7 Å². The summed E-state index contributed by atoms with van der Waals surface area (Å²) in [5.74, 6) is 0.0297. The second-order valence-corrected chi connectivity index (χ2v) is 6.45. The van der Waals surface area contributed by atoms with E-state index in [4.69, 9.17) is 5.11 Å². The van der Waals surface area contributed by atoms with Gasteiger partial charge < -0.3 is 15.3 Å². The molecule has 5 heteroatoms. The molecule has 0 aromatic rings.